The Balaban J connectivity index is 1.56. The van der Waals surface area contributed by atoms with Crippen LogP contribution in [0.2, 0.25) is 0 Å². The van der Waals surface area contributed by atoms with E-state index in [-0.39, 0.29) is 76.4 Å². The third-order valence-corrected chi connectivity index (χ3v) is 10.5. The van der Waals surface area contributed by atoms with E-state index in [9.17, 15) is 52.7 Å². The summed E-state index contributed by atoms with van der Waals surface area (Å²) in [7, 11) is 0. The fraction of sp³-hybridized carbons (Fsp3) is 0.420. The van der Waals surface area contributed by atoms with E-state index in [2.05, 4.69) is 9.47 Å². The molecule has 0 bridgehead atoms. The molecule has 0 unspecified atom stereocenters. The first-order valence-corrected chi connectivity index (χ1v) is 23.4. The van der Waals surface area contributed by atoms with E-state index in [1.807, 2.05) is 0 Å². The van der Waals surface area contributed by atoms with E-state index >= 15 is 0 Å². The predicted molar refractivity (Wildman–Crippen MR) is 255 cm³/mol. The molecule has 0 aliphatic carbocycles. The number of anilines is 1. The maximum atomic E-state index is 14.8. The lowest BCUT2D eigenvalue weighted by atomic mass is 9.77. The minimum atomic E-state index is -1.88. The van der Waals surface area contributed by atoms with Crippen LogP contribution in [0.5, 0.6) is 28.7 Å². The number of esters is 11. The molecule has 0 saturated carbocycles. The van der Waals surface area contributed by atoms with Gasteiger partial charge < -0.3 is 80.7 Å². The van der Waals surface area contributed by atoms with Crippen molar-refractivity contribution >= 4 is 71.3 Å². The highest BCUT2D eigenvalue weighted by Crippen LogP contribution is 2.59. The molecule has 3 aromatic carbocycles. The Kier molecular flexibility index (Phi) is 22.5. The van der Waals surface area contributed by atoms with E-state index in [0.29, 0.717) is 0 Å². The Hall–Kier alpha value is -9.25. The lowest BCUT2D eigenvalue weighted by molar-refractivity contribution is -0.170. The Morgan fingerprint density at radius 2 is 0.861 bits per heavy atom. The fourth-order valence-electron chi connectivity index (χ4n) is 7.18. The van der Waals surface area contributed by atoms with Crippen molar-refractivity contribution in [3.05, 3.63) is 70.8 Å². The van der Waals surface area contributed by atoms with Gasteiger partial charge in [0, 0.05) is 76.9 Å². The molecule has 2 aliphatic rings. The van der Waals surface area contributed by atoms with Gasteiger partial charge >= 0.3 is 65.7 Å². The normalized spacial score (nSPS) is 12.1. The van der Waals surface area contributed by atoms with Crippen molar-refractivity contribution in [2.24, 2.45) is 0 Å². The second kappa shape index (κ2) is 29.3. The molecule has 2 aliphatic heterocycles. The molecular weight excluding hydrogens is 1060 g/mol. The largest absolute Gasteiger partial charge is 0.488 e. The van der Waals surface area contributed by atoms with Gasteiger partial charge in [0.05, 0.1) is 32.0 Å². The first-order chi connectivity index (χ1) is 37.7. The van der Waals surface area contributed by atoms with Crippen LogP contribution in [0.15, 0.2) is 48.5 Å². The van der Waals surface area contributed by atoms with Gasteiger partial charge in [0.1, 0.15) is 48.3 Å². The smallest absolute Gasteiger partial charge is 0.344 e. The van der Waals surface area contributed by atoms with Crippen LogP contribution in [-0.2, 0) is 110 Å². The zero-order chi connectivity index (χ0) is 57.6. The first-order valence-electron chi connectivity index (χ1n) is 23.4. The second-order valence-electron chi connectivity index (χ2n) is 16.2. The summed E-state index contributed by atoms with van der Waals surface area (Å²) in [6, 6.07) is 11.8. The number of nitrogens with zero attached hydrogens (tertiary/aromatic N) is 2. The van der Waals surface area contributed by atoms with Crippen LogP contribution < -0.4 is 23.8 Å². The second-order valence-corrected chi connectivity index (χ2v) is 16.2. The van der Waals surface area contributed by atoms with Gasteiger partial charge in [-0.1, -0.05) is 6.07 Å². The summed E-state index contributed by atoms with van der Waals surface area (Å²) in [6.45, 7) is -0.919. The van der Waals surface area contributed by atoms with Crippen LogP contribution >= 0.6 is 0 Å². The number of carbonyl (C=O) groups excluding carboxylic acids is 11. The quantitative estimate of drug-likeness (QED) is 0.0397. The minimum absolute atomic E-state index is 0.0718. The number of benzene rings is 3. The molecule has 0 amide bonds. The predicted octanol–water partition coefficient (Wildman–Crippen LogP) is 1.81. The summed E-state index contributed by atoms with van der Waals surface area (Å²) in [4.78, 5) is 137. The standard InChI is InChI=1S/C50H54N2O27/c1-29(53)66-23-72-35-7-9-37-41(17-35)78-42-18-36(73-24-67-30(2)54)8-10-38(42)50(37)39-11-12-40(52(21-45(61)76-27-70-33(5)57)22-46(62)77-28-71-34(6)58)48(47(39)49(63)79-50)65-16-15-64-14-13-51(19-43(59)74-25-68-31(3)55)20-44(60)75-26-69-32(4)56/h7-12,17-18H,13-16,19-28H2,1-6H3. The highest BCUT2D eigenvalue weighted by atomic mass is 16.7. The Labute approximate surface area is 448 Å². The van der Waals surface area contributed by atoms with Crippen LogP contribution in [0, 0.1) is 0 Å². The fourth-order valence-corrected chi connectivity index (χ4v) is 7.18. The average Bonchev–Trinajstić information content (AvgIpc) is 3.06. The number of ether oxygens (including phenoxy) is 16. The van der Waals surface area contributed by atoms with Crippen molar-refractivity contribution in [1.29, 1.82) is 0 Å². The molecule has 0 N–H and O–H groups in total. The van der Waals surface area contributed by atoms with E-state index < -0.39 is 145 Å². The third kappa shape index (κ3) is 18.2. The molecule has 426 valence electrons. The van der Waals surface area contributed by atoms with Crippen molar-refractivity contribution in [2.75, 3.05) is 98.2 Å². The van der Waals surface area contributed by atoms with E-state index in [0.717, 1.165) is 32.6 Å². The molecule has 79 heavy (non-hydrogen) atoms. The number of carbonyl (C=O) groups is 11. The third-order valence-electron chi connectivity index (χ3n) is 10.5. The number of rotatable bonds is 30. The summed E-state index contributed by atoms with van der Waals surface area (Å²) < 4.78 is 84.8. The van der Waals surface area contributed by atoms with E-state index in [4.69, 9.17) is 66.3 Å². The van der Waals surface area contributed by atoms with Crippen molar-refractivity contribution in [1.82, 2.24) is 4.90 Å². The van der Waals surface area contributed by atoms with Crippen LogP contribution in [-0.4, -0.2) is 164 Å². The maximum Gasteiger partial charge on any atom is 0.344 e. The van der Waals surface area contributed by atoms with Gasteiger partial charge in [-0.25, -0.2) is 4.79 Å². The summed E-state index contributed by atoms with van der Waals surface area (Å²) in [5, 5.41) is 0. The lowest BCUT2D eigenvalue weighted by Crippen LogP contribution is -2.39. The van der Waals surface area contributed by atoms with Gasteiger partial charge in [-0.05, 0) is 30.3 Å². The van der Waals surface area contributed by atoms with Gasteiger partial charge in [-0.3, -0.25) is 52.8 Å². The van der Waals surface area contributed by atoms with Crippen LogP contribution in [0.1, 0.15) is 68.6 Å². The highest BCUT2D eigenvalue weighted by Gasteiger charge is 2.55. The lowest BCUT2D eigenvalue weighted by Gasteiger charge is -2.37. The molecule has 0 aromatic heterocycles. The summed E-state index contributed by atoms with van der Waals surface area (Å²) >= 11 is 0. The molecule has 29 nitrogen and oxygen atoms in total. The van der Waals surface area contributed by atoms with Crippen LogP contribution in [0.4, 0.5) is 5.69 Å². The Bertz CT molecular complexity index is 2640. The monoisotopic (exact) mass is 1110 g/mol. The van der Waals surface area contributed by atoms with Crippen molar-refractivity contribution in [2.45, 2.75) is 47.1 Å². The highest BCUT2D eigenvalue weighted by molar-refractivity contribution is 6.02. The molecule has 2 heterocycles. The molecule has 0 saturated heterocycles. The Morgan fingerprint density at radius 3 is 1.29 bits per heavy atom. The summed E-state index contributed by atoms with van der Waals surface area (Å²) in [5.41, 5.74) is -1.67. The molecule has 1 spiro atoms. The number of hydrogen-bond donors (Lipinski definition) is 0. The summed E-state index contributed by atoms with van der Waals surface area (Å²) in [5.74, 6) is -9.00. The summed E-state index contributed by atoms with van der Waals surface area (Å²) in [6.07, 6.45) is 0. The average molecular weight is 1110 g/mol. The molecule has 3 aromatic rings. The van der Waals surface area contributed by atoms with Gasteiger partial charge in [0.2, 0.25) is 40.8 Å². The SMILES string of the molecule is CC(=O)OCOC(=O)CN(CCOCCOc1c(N(CC(=O)OCOC(C)=O)CC(=O)OCOC(C)=O)ccc2c1C(=O)OC21c2ccc(OCOC(C)=O)cc2Oc2cc(OCOC(C)=O)ccc21)CC(=O)OCOC(C)=O. The van der Waals surface area contributed by atoms with Gasteiger partial charge in [0.15, 0.2) is 11.4 Å². The van der Waals surface area contributed by atoms with E-state index in [1.165, 1.54) is 67.3 Å². The maximum absolute atomic E-state index is 14.8. The first kappa shape index (κ1) is 60.6. The topological polar surface area (TPSA) is 342 Å². The molecule has 0 radical (unpaired) electrons. The van der Waals surface area contributed by atoms with Gasteiger partial charge in [-0.2, -0.15) is 0 Å². The molecular formula is C50H54N2O27. The molecule has 0 fully saturated rings. The number of fused-ring (bicyclic) bond motifs is 6. The van der Waals surface area contributed by atoms with Gasteiger partial charge in [-0.15, -0.1) is 0 Å². The zero-order valence-corrected chi connectivity index (χ0v) is 43.4. The van der Waals surface area contributed by atoms with Crippen molar-refractivity contribution in [3.63, 3.8) is 0 Å². The van der Waals surface area contributed by atoms with Crippen LogP contribution in [0.25, 0.3) is 0 Å². The van der Waals surface area contributed by atoms with Crippen molar-refractivity contribution < 1.29 is 129 Å². The van der Waals surface area contributed by atoms with Crippen molar-refractivity contribution in [3.8, 4) is 28.7 Å². The molecule has 29 heteroatoms. The minimum Gasteiger partial charge on any atom is -0.488 e. The zero-order valence-electron chi connectivity index (χ0n) is 43.4. The number of hydrogen-bond acceptors (Lipinski definition) is 29. The van der Waals surface area contributed by atoms with E-state index in [1.54, 1.807) is 0 Å². The molecule has 0 atom stereocenters. The van der Waals surface area contributed by atoms with Gasteiger partial charge in [0.25, 0.3) is 0 Å². The Morgan fingerprint density at radius 1 is 0.456 bits per heavy atom. The van der Waals surface area contributed by atoms with Crippen LogP contribution in [0.3, 0.4) is 0 Å². The molecule has 5 rings (SSSR count).